The monoisotopic (exact) mass is 390 g/mol. The lowest BCUT2D eigenvalue weighted by Crippen LogP contribution is -2.29. The third-order valence-corrected chi connectivity index (χ3v) is 5.79. The van der Waals surface area contributed by atoms with Crippen molar-refractivity contribution < 1.29 is 27.5 Å². The zero-order valence-electron chi connectivity index (χ0n) is 14.8. The Labute approximate surface area is 156 Å². The molecule has 0 aliphatic carbocycles. The van der Waals surface area contributed by atoms with Crippen LogP contribution in [0.5, 0.6) is 11.5 Å². The molecule has 0 saturated carbocycles. The SMILES string of the molecule is COc1ccc(OC)c(NC(=O)c2ccc(N3C(=O)CCS3(=O)=O)cc2)c1. The molecule has 2 aromatic rings. The summed E-state index contributed by atoms with van der Waals surface area (Å²) < 4.78 is 35.1. The Balaban J connectivity index is 1.82. The van der Waals surface area contributed by atoms with E-state index in [-0.39, 0.29) is 17.9 Å². The number of ether oxygens (including phenoxy) is 2. The average molecular weight is 390 g/mol. The van der Waals surface area contributed by atoms with E-state index in [0.29, 0.717) is 22.7 Å². The van der Waals surface area contributed by atoms with E-state index in [1.165, 1.54) is 38.5 Å². The zero-order valence-corrected chi connectivity index (χ0v) is 15.6. The van der Waals surface area contributed by atoms with Gasteiger partial charge in [-0.15, -0.1) is 0 Å². The number of rotatable bonds is 5. The molecule has 0 spiro atoms. The number of methoxy groups -OCH3 is 2. The Morgan fingerprint density at radius 1 is 1.07 bits per heavy atom. The minimum absolute atomic E-state index is 0.0415. The molecule has 0 radical (unpaired) electrons. The molecule has 0 bridgehead atoms. The van der Waals surface area contributed by atoms with Crippen molar-refractivity contribution in [2.45, 2.75) is 6.42 Å². The van der Waals surface area contributed by atoms with Gasteiger partial charge in [0.2, 0.25) is 15.9 Å². The number of carbonyl (C=O) groups excluding carboxylic acids is 2. The van der Waals surface area contributed by atoms with Gasteiger partial charge in [-0.25, -0.2) is 12.7 Å². The van der Waals surface area contributed by atoms with Crippen molar-refractivity contribution >= 4 is 33.2 Å². The van der Waals surface area contributed by atoms with E-state index in [1.807, 2.05) is 0 Å². The van der Waals surface area contributed by atoms with Gasteiger partial charge < -0.3 is 14.8 Å². The van der Waals surface area contributed by atoms with Gasteiger partial charge in [0.05, 0.1) is 31.3 Å². The van der Waals surface area contributed by atoms with Crippen LogP contribution in [0.4, 0.5) is 11.4 Å². The number of carbonyl (C=O) groups is 2. The van der Waals surface area contributed by atoms with Crippen LogP contribution in [0.3, 0.4) is 0 Å². The Morgan fingerprint density at radius 2 is 1.78 bits per heavy atom. The first-order valence-corrected chi connectivity index (χ1v) is 9.66. The fourth-order valence-electron chi connectivity index (χ4n) is 2.72. The van der Waals surface area contributed by atoms with E-state index >= 15 is 0 Å². The largest absolute Gasteiger partial charge is 0.497 e. The van der Waals surface area contributed by atoms with Gasteiger partial charge in [0.25, 0.3) is 5.91 Å². The lowest BCUT2D eigenvalue weighted by Gasteiger charge is -2.15. The number of anilines is 2. The summed E-state index contributed by atoms with van der Waals surface area (Å²) in [6.45, 7) is 0. The van der Waals surface area contributed by atoms with E-state index < -0.39 is 21.8 Å². The lowest BCUT2D eigenvalue weighted by molar-refractivity contribution is -0.116. The number of hydrogen-bond donors (Lipinski definition) is 1. The molecule has 27 heavy (non-hydrogen) atoms. The fraction of sp³-hybridized carbons (Fsp3) is 0.222. The molecule has 0 unspecified atom stereocenters. The van der Waals surface area contributed by atoms with Crippen LogP contribution in [0.1, 0.15) is 16.8 Å². The summed E-state index contributed by atoms with van der Waals surface area (Å²) >= 11 is 0. The van der Waals surface area contributed by atoms with Crippen molar-refractivity contribution in [1.29, 1.82) is 0 Å². The first-order valence-electron chi connectivity index (χ1n) is 8.05. The third-order valence-electron chi connectivity index (χ3n) is 4.10. The highest BCUT2D eigenvalue weighted by Crippen LogP contribution is 2.30. The second kappa shape index (κ2) is 7.28. The quantitative estimate of drug-likeness (QED) is 0.838. The maximum atomic E-state index is 12.5. The van der Waals surface area contributed by atoms with Crippen molar-refractivity contribution in [3.05, 3.63) is 48.0 Å². The highest BCUT2D eigenvalue weighted by molar-refractivity contribution is 7.94. The average Bonchev–Trinajstić information content (AvgIpc) is 2.94. The van der Waals surface area contributed by atoms with E-state index in [4.69, 9.17) is 9.47 Å². The van der Waals surface area contributed by atoms with Crippen molar-refractivity contribution in [2.75, 3.05) is 29.6 Å². The van der Waals surface area contributed by atoms with Crippen LogP contribution in [0.2, 0.25) is 0 Å². The van der Waals surface area contributed by atoms with Gasteiger partial charge in [-0.05, 0) is 36.4 Å². The molecule has 1 N–H and O–H groups in total. The summed E-state index contributed by atoms with van der Waals surface area (Å²) in [5, 5.41) is 2.72. The minimum Gasteiger partial charge on any atom is -0.497 e. The van der Waals surface area contributed by atoms with Gasteiger partial charge >= 0.3 is 0 Å². The predicted molar refractivity (Wildman–Crippen MR) is 99.8 cm³/mol. The number of nitrogens with zero attached hydrogens (tertiary/aromatic N) is 1. The van der Waals surface area contributed by atoms with E-state index in [2.05, 4.69) is 5.32 Å². The molecule has 0 atom stereocenters. The highest BCUT2D eigenvalue weighted by atomic mass is 32.2. The van der Waals surface area contributed by atoms with Gasteiger partial charge in [-0.2, -0.15) is 0 Å². The molecule has 2 amide bonds. The zero-order chi connectivity index (χ0) is 19.6. The van der Waals surface area contributed by atoms with Crippen LogP contribution in [0, 0.1) is 0 Å². The first kappa shape index (κ1) is 18.7. The van der Waals surface area contributed by atoms with E-state index in [0.717, 1.165) is 4.31 Å². The fourth-order valence-corrected chi connectivity index (χ4v) is 4.18. The molecule has 1 fully saturated rings. The molecule has 3 rings (SSSR count). The van der Waals surface area contributed by atoms with Crippen LogP contribution in [0.25, 0.3) is 0 Å². The van der Waals surface area contributed by atoms with Gasteiger partial charge in [0, 0.05) is 18.1 Å². The second-order valence-electron chi connectivity index (χ2n) is 5.79. The molecule has 8 nitrogen and oxygen atoms in total. The van der Waals surface area contributed by atoms with Crippen molar-refractivity contribution in [3.63, 3.8) is 0 Å². The predicted octanol–water partition coefficient (Wildman–Crippen LogP) is 2.02. The van der Waals surface area contributed by atoms with Gasteiger partial charge in [-0.1, -0.05) is 0 Å². The van der Waals surface area contributed by atoms with Crippen LogP contribution < -0.4 is 19.1 Å². The van der Waals surface area contributed by atoms with Gasteiger partial charge in [0.15, 0.2) is 0 Å². The summed E-state index contributed by atoms with van der Waals surface area (Å²) in [5.41, 5.74) is 0.948. The summed E-state index contributed by atoms with van der Waals surface area (Å²) in [4.78, 5) is 24.3. The second-order valence-corrected chi connectivity index (χ2v) is 7.73. The summed E-state index contributed by atoms with van der Waals surface area (Å²) in [5.74, 6) is -0.0743. The van der Waals surface area contributed by atoms with E-state index in [9.17, 15) is 18.0 Å². The van der Waals surface area contributed by atoms with Crippen LogP contribution in [-0.4, -0.2) is 40.2 Å². The lowest BCUT2D eigenvalue weighted by atomic mass is 10.1. The number of sulfonamides is 1. The molecule has 1 aliphatic heterocycles. The smallest absolute Gasteiger partial charge is 0.255 e. The maximum Gasteiger partial charge on any atom is 0.255 e. The first-order chi connectivity index (χ1) is 12.9. The van der Waals surface area contributed by atoms with Gasteiger partial charge in [0.1, 0.15) is 11.5 Å². The third kappa shape index (κ3) is 3.72. The van der Waals surface area contributed by atoms with Crippen LogP contribution >= 0.6 is 0 Å². The van der Waals surface area contributed by atoms with Crippen LogP contribution in [0.15, 0.2) is 42.5 Å². The molecule has 1 saturated heterocycles. The number of hydrogen-bond acceptors (Lipinski definition) is 6. The molecule has 9 heteroatoms. The number of amides is 2. The maximum absolute atomic E-state index is 12.5. The minimum atomic E-state index is -3.63. The van der Waals surface area contributed by atoms with E-state index in [1.54, 1.807) is 18.2 Å². The topological polar surface area (TPSA) is 102 Å². The Kier molecular flexibility index (Phi) is 5.04. The Hall–Kier alpha value is -3.07. The van der Waals surface area contributed by atoms with Crippen molar-refractivity contribution in [3.8, 4) is 11.5 Å². The summed E-state index contributed by atoms with van der Waals surface area (Å²) in [7, 11) is -0.635. The molecular weight excluding hydrogens is 372 g/mol. The van der Waals surface area contributed by atoms with Gasteiger partial charge in [-0.3, -0.25) is 9.59 Å². The standard InChI is InChI=1S/C18H18N2O6S/c1-25-14-7-8-16(26-2)15(11-14)19-18(22)12-3-5-13(6-4-12)20-17(21)9-10-27(20,23)24/h3-8,11H,9-10H2,1-2H3,(H,19,22). The molecule has 2 aromatic carbocycles. The molecule has 1 aliphatic rings. The Morgan fingerprint density at radius 3 is 2.33 bits per heavy atom. The Bertz CT molecular complexity index is 985. The molecule has 1 heterocycles. The van der Waals surface area contributed by atoms with Crippen molar-refractivity contribution in [1.82, 2.24) is 0 Å². The molecular formula is C18H18N2O6S. The molecule has 142 valence electrons. The summed E-state index contributed by atoms with van der Waals surface area (Å²) in [6, 6.07) is 10.8. The molecule has 0 aromatic heterocycles. The number of nitrogens with one attached hydrogen (secondary N) is 1. The van der Waals surface area contributed by atoms with Crippen LogP contribution in [-0.2, 0) is 14.8 Å². The highest BCUT2D eigenvalue weighted by Gasteiger charge is 2.36. The van der Waals surface area contributed by atoms with Crippen molar-refractivity contribution in [2.24, 2.45) is 0 Å². The normalized spacial score (nSPS) is 15.5. The number of benzene rings is 2. The summed E-state index contributed by atoms with van der Waals surface area (Å²) in [6.07, 6.45) is -0.0415.